The highest BCUT2D eigenvalue weighted by molar-refractivity contribution is 5.92. The molecule has 0 bridgehead atoms. The maximum Gasteiger partial charge on any atom is 0.286 e. The molecule has 2 aromatic rings. The zero-order chi connectivity index (χ0) is 19.6. The fourth-order valence-corrected chi connectivity index (χ4v) is 2.23. The largest absolute Gasteiger partial charge is 0.459 e. The monoisotopic (exact) mass is 371 g/mol. The summed E-state index contributed by atoms with van der Waals surface area (Å²) >= 11 is 0. The zero-order valence-corrected chi connectivity index (χ0v) is 15.6. The van der Waals surface area contributed by atoms with Gasteiger partial charge in [-0.15, -0.1) is 0 Å². The van der Waals surface area contributed by atoms with E-state index in [0.717, 1.165) is 11.3 Å². The fourth-order valence-electron chi connectivity index (χ4n) is 2.23. The molecule has 144 valence electrons. The van der Waals surface area contributed by atoms with Crippen molar-refractivity contribution in [1.82, 2.24) is 10.6 Å². The smallest absolute Gasteiger partial charge is 0.286 e. The molecule has 0 saturated heterocycles. The van der Waals surface area contributed by atoms with E-state index in [2.05, 4.69) is 16.0 Å². The second-order valence-corrected chi connectivity index (χ2v) is 6.45. The van der Waals surface area contributed by atoms with Crippen molar-refractivity contribution in [1.29, 1.82) is 0 Å². The quantitative estimate of drug-likeness (QED) is 0.590. The van der Waals surface area contributed by atoms with Crippen LogP contribution in [0.3, 0.4) is 0 Å². The van der Waals surface area contributed by atoms with E-state index in [0.29, 0.717) is 25.9 Å². The fraction of sp³-hybridized carbons (Fsp3) is 0.350. The molecule has 0 spiro atoms. The molecule has 0 atom stereocenters. The lowest BCUT2D eigenvalue weighted by molar-refractivity contribution is -0.121. The Labute approximate surface area is 158 Å². The van der Waals surface area contributed by atoms with E-state index < -0.39 is 0 Å². The Balaban J connectivity index is 1.63. The summed E-state index contributed by atoms with van der Waals surface area (Å²) in [5, 5.41) is 8.35. The van der Waals surface area contributed by atoms with Crippen molar-refractivity contribution in [3.8, 4) is 0 Å². The topological polar surface area (TPSA) is 100 Å². The van der Waals surface area contributed by atoms with E-state index in [1.54, 1.807) is 12.1 Å². The molecule has 0 radical (unpaired) electrons. The summed E-state index contributed by atoms with van der Waals surface area (Å²) in [7, 11) is 0. The molecule has 3 N–H and O–H groups in total. The molecule has 7 heteroatoms. The van der Waals surface area contributed by atoms with Gasteiger partial charge in [-0.1, -0.05) is 26.0 Å². The Morgan fingerprint density at radius 1 is 1.04 bits per heavy atom. The number of rotatable bonds is 9. The third kappa shape index (κ3) is 6.97. The van der Waals surface area contributed by atoms with E-state index in [1.807, 2.05) is 38.1 Å². The number of carbonyl (C=O) groups excluding carboxylic acids is 3. The first-order valence-electron chi connectivity index (χ1n) is 8.94. The number of nitrogens with one attached hydrogen (secondary N) is 3. The molecule has 0 aliphatic carbocycles. The average molecular weight is 371 g/mol. The molecule has 7 nitrogen and oxygen atoms in total. The summed E-state index contributed by atoms with van der Waals surface area (Å²) in [6.07, 6.45) is 2.30. The number of hydrogen-bond donors (Lipinski definition) is 3. The first-order chi connectivity index (χ1) is 13.0. The van der Waals surface area contributed by atoms with Gasteiger partial charge in [0.25, 0.3) is 5.91 Å². The summed E-state index contributed by atoms with van der Waals surface area (Å²) in [4.78, 5) is 35.2. The molecule has 27 heavy (non-hydrogen) atoms. The Hall–Kier alpha value is -3.09. The van der Waals surface area contributed by atoms with Crippen LogP contribution in [-0.2, 0) is 16.1 Å². The Kier molecular flexibility index (Phi) is 7.61. The zero-order valence-electron chi connectivity index (χ0n) is 15.6. The van der Waals surface area contributed by atoms with Crippen LogP contribution in [0.15, 0.2) is 47.1 Å². The van der Waals surface area contributed by atoms with Gasteiger partial charge in [-0.05, 0) is 36.2 Å². The predicted octanol–water partition coefficient (Wildman–Crippen LogP) is 2.70. The van der Waals surface area contributed by atoms with E-state index >= 15 is 0 Å². The van der Waals surface area contributed by atoms with Crippen LogP contribution in [0.5, 0.6) is 0 Å². The standard InChI is InChI=1S/C20H25N3O4/c1-14(2)19(25)23-16-9-7-15(8-10-16)13-22-18(24)6-3-11-21-20(26)17-5-4-12-27-17/h4-5,7-10,12,14H,3,6,11,13H2,1-2H3,(H,21,26)(H,22,24)(H,23,25). The van der Waals surface area contributed by atoms with E-state index in [4.69, 9.17) is 4.42 Å². The van der Waals surface area contributed by atoms with Crippen molar-refractivity contribution in [3.05, 3.63) is 54.0 Å². The van der Waals surface area contributed by atoms with Gasteiger partial charge in [0.05, 0.1) is 6.26 Å². The molecule has 0 unspecified atom stereocenters. The molecule has 1 heterocycles. The van der Waals surface area contributed by atoms with Crippen molar-refractivity contribution in [2.24, 2.45) is 5.92 Å². The lowest BCUT2D eigenvalue weighted by Crippen LogP contribution is -2.27. The maximum absolute atomic E-state index is 11.9. The Morgan fingerprint density at radius 3 is 2.41 bits per heavy atom. The van der Waals surface area contributed by atoms with Crippen LogP contribution in [0.25, 0.3) is 0 Å². The van der Waals surface area contributed by atoms with Gasteiger partial charge in [-0.3, -0.25) is 14.4 Å². The van der Waals surface area contributed by atoms with Crippen LogP contribution < -0.4 is 16.0 Å². The molecule has 0 aliphatic rings. The van der Waals surface area contributed by atoms with Crippen LogP contribution in [0.2, 0.25) is 0 Å². The van der Waals surface area contributed by atoms with Crippen molar-refractivity contribution < 1.29 is 18.8 Å². The van der Waals surface area contributed by atoms with Crippen molar-refractivity contribution in [2.75, 3.05) is 11.9 Å². The van der Waals surface area contributed by atoms with Gasteiger partial charge in [0.2, 0.25) is 11.8 Å². The molecule has 0 saturated carbocycles. The van der Waals surface area contributed by atoms with Crippen molar-refractivity contribution in [3.63, 3.8) is 0 Å². The minimum absolute atomic E-state index is 0.0322. The Bertz CT molecular complexity index is 752. The number of benzene rings is 1. The molecule has 0 aliphatic heterocycles. The minimum Gasteiger partial charge on any atom is -0.459 e. The third-order valence-electron chi connectivity index (χ3n) is 3.85. The molecule has 1 aromatic heterocycles. The predicted molar refractivity (Wildman–Crippen MR) is 102 cm³/mol. The van der Waals surface area contributed by atoms with Gasteiger partial charge in [0.1, 0.15) is 0 Å². The highest BCUT2D eigenvalue weighted by atomic mass is 16.3. The van der Waals surface area contributed by atoms with Gasteiger partial charge < -0.3 is 20.4 Å². The number of furan rings is 1. The second-order valence-electron chi connectivity index (χ2n) is 6.45. The molecular formula is C20H25N3O4. The normalized spacial score (nSPS) is 10.5. The van der Waals surface area contributed by atoms with Gasteiger partial charge >= 0.3 is 0 Å². The number of amides is 3. The average Bonchev–Trinajstić information content (AvgIpc) is 3.19. The first kappa shape index (κ1) is 20.2. The third-order valence-corrected chi connectivity index (χ3v) is 3.85. The van der Waals surface area contributed by atoms with Crippen LogP contribution in [0.4, 0.5) is 5.69 Å². The van der Waals surface area contributed by atoms with Gasteiger partial charge in [-0.2, -0.15) is 0 Å². The highest BCUT2D eigenvalue weighted by Gasteiger charge is 2.08. The molecule has 0 fully saturated rings. The van der Waals surface area contributed by atoms with E-state index in [9.17, 15) is 14.4 Å². The van der Waals surface area contributed by atoms with Crippen LogP contribution in [0, 0.1) is 5.92 Å². The molecular weight excluding hydrogens is 346 g/mol. The number of anilines is 1. The lowest BCUT2D eigenvalue weighted by Gasteiger charge is -2.09. The lowest BCUT2D eigenvalue weighted by atomic mass is 10.1. The summed E-state index contributed by atoms with van der Waals surface area (Å²) in [6.45, 7) is 4.48. The van der Waals surface area contributed by atoms with E-state index in [1.165, 1.54) is 6.26 Å². The van der Waals surface area contributed by atoms with Crippen LogP contribution in [0.1, 0.15) is 42.8 Å². The Morgan fingerprint density at radius 2 is 1.78 bits per heavy atom. The minimum atomic E-state index is -0.287. The van der Waals surface area contributed by atoms with Crippen molar-refractivity contribution in [2.45, 2.75) is 33.2 Å². The number of carbonyl (C=O) groups is 3. The summed E-state index contributed by atoms with van der Waals surface area (Å²) in [5.74, 6) is -0.222. The van der Waals surface area contributed by atoms with Crippen LogP contribution in [-0.4, -0.2) is 24.3 Å². The molecule has 1 aromatic carbocycles. The van der Waals surface area contributed by atoms with Gasteiger partial charge in [0.15, 0.2) is 5.76 Å². The molecule has 3 amide bonds. The highest BCUT2D eigenvalue weighted by Crippen LogP contribution is 2.11. The summed E-state index contributed by atoms with van der Waals surface area (Å²) in [5.41, 5.74) is 1.67. The van der Waals surface area contributed by atoms with Crippen molar-refractivity contribution >= 4 is 23.4 Å². The molecule has 2 rings (SSSR count). The van der Waals surface area contributed by atoms with Gasteiger partial charge in [0, 0.05) is 31.1 Å². The van der Waals surface area contributed by atoms with Gasteiger partial charge in [-0.25, -0.2) is 0 Å². The number of hydrogen-bond acceptors (Lipinski definition) is 4. The first-order valence-corrected chi connectivity index (χ1v) is 8.94. The van der Waals surface area contributed by atoms with Crippen LogP contribution >= 0.6 is 0 Å². The maximum atomic E-state index is 11.9. The van der Waals surface area contributed by atoms with E-state index in [-0.39, 0.29) is 29.4 Å². The SMILES string of the molecule is CC(C)C(=O)Nc1ccc(CNC(=O)CCCNC(=O)c2ccco2)cc1. The summed E-state index contributed by atoms with van der Waals surface area (Å²) < 4.78 is 4.99. The second kappa shape index (κ2) is 10.2. The summed E-state index contributed by atoms with van der Waals surface area (Å²) in [6, 6.07) is 10.6.